The smallest absolute Gasteiger partial charge is 0.233 e. The van der Waals surface area contributed by atoms with E-state index in [4.69, 9.17) is 0 Å². The molecule has 0 aliphatic rings. The molecule has 2 N–H and O–H groups in total. The summed E-state index contributed by atoms with van der Waals surface area (Å²) in [5, 5.41) is 16.2. The van der Waals surface area contributed by atoms with Crippen molar-refractivity contribution < 1.29 is 9.90 Å². The van der Waals surface area contributed by atoms with Gasteiger partial charge in [0.2, 0.25) is 5.91 Å². The summed E-state index contributed by atoms with van der Waals surface area (Å²) in [5.41, 5.74) is 0.850. The second-order valence-electron chi connectivity index (χ2n) is 3.19. The maximum Gasteiger partial charge on any atom is 0.233 e. The van der Waals surface area contributed by atoms with Crippen LogP contribution in [0.5, 0.6) is 0 Å². The molecule has 1 aromatic rings. The normalized spacial score (nSPS) is 14.6. The third kappa shape index (κ3) is 3.93. The van der Waals surface area contributed by atoms with Gasteiger partial charge >= 0.3 is 0 Å². The highest BCUT2D eigenvalue weighted by atomic mass is 79.9. The zero-order valence-electron chi connectivity index (χ0n) is 8.44. The average molecular weight is 292 g/mol. The van der Waals surface area contributed by atoms with Crippen molar-refractivity contribution in [2.24, 2.45) is 0 Å². The number of aliphatic hydroxyl groups excluding tert-OH is 1. The first-order chi connectivity index (χ1) is 7.15. The third-order valence-electron chi connectivity index (χ3n) is 2.04. The fourth-order valence-electron chi connectivity index (χ4n) is 1.08. The van der Waals surface area contributed by atoms with Gasteiger partial charge in [0.15, 0.2) is 0 Å². The topological polar surface area (TPSA) is 49.3 Å². The van der Waals surface area contributed by atoms with Crippen molar-refractivity contribution in [3.05, 3.63) is 22.4 Å². The monoisotopic (exact) mass is 291 g/mol. The second kappa shape index (κ2) is 6.25. The van der Waals surface area contributed by atoms with Crippen molar-refractivity contribution >= 4 is 33.2 Å². The number of hydrogen-bond donors (Lipinski definition) is 2. The number of nitrogens with one attached hydrogen (secondary N) is 1. The predicted octanol–water partition coefficient (Wildman–Crippen LogP) is 2.07. The molecule has 1 aromatic heterocycles. The molecule has 0 saturated heterocycles. The Morgan fingerprint density at radius 2 is 2.47 bits per heavy atom. The van der Waals surface area contributed by atoms with Crippen molar-refractivity contribution in [2.75, 3.05) is 6.54 Å². The highest BCUT2D eigenvalue weighted by molar-refractivity contribution is 9.10. The quantitative estimate of drug-likeness (QED) is 0.816. The van der Waals surface area contributed by atoms with Crippen LogP contribution >= 0.6 is 27.3 Å². The molecule has 0 radical (unpaired) electrons. The molecule has 2 atom stereocenters. The van der Waals surface area contributed by atoms with Gasteiger partial charge in [0, 0.05) is 6.54 Å². The highest BCUT2D eigenvalue weighted by Crippen LogP contribution is 2.15. The van der Waals surface area contributed by atoms with Gasteiger partial charge in [-0.15, -0.1) is 0 Å². The Morgan fingerprint density at radius 3 is 3.00 bits per heavy atom. The van der Waals surface area contributed by atoms with Crippen LogP contribution in [-0.4, -0.2) is 22.4 Å². The summed E-state index contributed by atoms with van der Waals surface area (Å²) in [6.07, 6.45) is 0.122. The molecule has 0 aliphatic heterocycles. The van der Waals surface area contributed by atoms with Crippen LogP contribution in [0.15, 0.2) is 16.8 Å². The maximum absolute atomic E-state index is 11.4. The van der Waals surface area contributed by atoms with Crippen molar-refractivity contribution in [1.82, 2.24) is 5.32 Å². The van der Waals surface area contributed by atoms with Crippen LogP contribution in [0.3, 0.4) is 0 Å². The first kappa shape index (κ1) is 12.7. The van der Waals surface area contributed by atoms with E-state index < -0.39 is 6.10 Å². The van der Waals surface area contributed by atoms with Crippen LogP contribution in [0.2, 0.25) is 0 Å². The Balaban J connectivity index is 2.34. The number of amides is 1. The molecule has 84 valence electrons. The summed E-state index contributed by atoms with van der Waals surface area (Å²) in [6, 6.07) is 1.85. The van der Waals surface area contributed by atoms with Crippen LogP contribution in [0.25, 0.3) is 0 Å². The third-order valence-corrected chi connectivity index (χ3v) is 3.81. The summed E-state index contributed by atoms with van der Waals surface area (Å²) in [6.45, 7) is 2.19. The molecule has 2 unspecified atom stereocenters. The minimum Gasteiger partial charge on any atom is -0.387 e. The SMILES string of the molecule is CCC(Br)C(=O)NCC(O)c1ccsc1. The Hall–Kier alpha value is -0.390. The first-order valence-corrected chi connectivity index (χ1v) is 6.63. The number of carbonyl (C=O) groups is 1. The number of thiophene rings is 1. The molecule has 15 heavy (non-hydrogen) atoms. The van der Waals surface area contributed by atoms with Gasteiger partial charge in [-0.2, -0.15) is 11.3 Å². The standard InChI is InChI=1S/C10H14BrNO2S/c1-2-8(11)10(14)12-5-9(13)7-3-4-15-6-7/h3-4,6,8-9,13H,2,5H2,1H3,(H,12,14). The largest absolute Gasteiger partial charge is 0.387 e. The summed E-state index contributed by atoms with van der Waals surface area (Å²) < 4.78 is 0. The van der Waals surface area contributed by atoms with Gasteiger partial charge in [0.1, 0.15) is 0 Å². The molecule has 0 saturated carbocycles. The molecule has 1 amide bonds. The minimum atomic E-state index is -0.614. The van der Waals surface area contributed by atoms with E-state index in [0.717, 1.165) is 12.0 Å². The lowest BCUT2D eigenvalue weighted by molar-refractivity contribution is -0.120. The Kier molecular flexibility index (Phi) is 5.28. The van der Waals surface area contributed by atoms with E-state index in [-0.39, 0.29) is 17.3 Å². The molecule has 0 aliphatic carbocycles. The Labute approximate surface area is 102 Å². The molecular weight excluding hydrogens is 278 g/mol. The van der Waals surface area contributed by atoms with Crippen LogP contribution < -0.4 is 5.32 Å². The van der Waals surface area contributed by atoms with Crippen LogP contribution in [0.1, 0.15) is 25.0 Å². The molecular formula is C10H14BrNO2S. The van der Waals surface area contributed by atoms with Gasteiger partial charge < -0.3 is 10.4 Å². The lowest BCUT2D eigenvalue weighted by atomic mass is 10.2. The fourth-order valence-corrected chi connectivity index (χ4v) is 1.94. The molecule has 0 spiro atoms. The predicted molar refractivity (Wildman–Crippen MR) is 65.3 cm³/mol. The molecule has 1 rings (SSSR count). The van der Waals surface area contributed by atoms with Gasteiger partial charge in [0.25, 0.3) is 0 Å². The van der Waals surface area contributed by atoms with Gasteiger partial charge in [0.05, 0.1) is 10.9 Å². The molecule has 3 nitrogen and oxygen atoms in total. The Morgan fingerprint density at radius 1 is 1.73 bits per heavy atom. The zero-order valence-corrected chi connectivity index (χ0v) is 10.8. The first-order valence-electron chi connectivity index (χ1n) is 4.77. The number of rotatable bonds is 5. The van der Waals surface area contributed by atoms with E-state index in [1.807, 2.05) is 23.8 Å². The van der Waals surface area contributed by atoms with Crippen molar-refractivity contribution in [2.45, 2.75) is 24.3 Å². The zero-order chi connectivity index (χ0) is 11.3. The van der Waals surface area contributed by atoms with Crippen LogP contribution in [0.4, 0.5) is 0 Å². The van der Waals surface area contributed by atoms with Gasteiger partial charge in [-0.25, -0.2) is 0 Å². The Bertz CT molecular complexity index is 302. The van der Waals surface area contributed by atoms with E-state index in [0.29, 0.717) is 0 Å². The van der Waals surface area contributed by atoms with E-state index in [2.05, 4.69) is 21.2 Å². The lowest BCUT2D eigenvalue weighted by Gasteiger charge is -2.12. The molecule has 0 bridgehead atoms. The number of carbonyl (C=O) groups excluding carboxylic acids is 1. The minimum absolute atomic E-state index is 0.0771. The van der Waals surface area contributed by atoms with Crippen LogP contribution in [-0.2, 0) is 4.79 Å². The number of halogens is 1. The number of alkyl halides is 1. The van der Waals surface area contributed by atoms with E-state index in [9.17, 15) is 9.90 Å². The highest BCUT2D eigenvalue weighted by Gasteiger charge is 2.14. The molecule has 0 fully saturated rings. The summed E-state index contributed by atoms with van der Waals surface area (Å²) >= 11 is 4.78. The average Bonchev–Trinajstić information content (AvgIpc) is 2.77. The molecule has 1 heterocycles. The number of hydrogen-bond acceptors (Lipinski definition) is 3. The van der Waals surface area contributed by atoms with Gasteiger partial charge in [-0.1, -0.05) is 22.9 Å². The van der Waals surface area contributed by atoms with Crippen molar-refractivity contribution in [3.8, 4) is 0 Å². The fraction of sp³-hybridized carbons (Fsp3) is 0.500. The maximum atomic E-state index is 11.4. The van der Waals surface area contributed by atoms with Crippen molar-refractivity contribution in [3.63, 3.8) is 0 Å². The summed E-state index contributed by atoms with van der Waals surface area (Å²) in [4.78, 5) is 11.2. The molecule has 5 heteroatoms. The van der Waals surface area contributed by atoms with Gasteiger partial charge in [-0.05, 0) is 28.8 Å². The van der Waals surface area contributed by atoms with Gasteiger partial charge in [-0.3, -0.25) is 4.79 Å². The van der Waals surface area contributed by atoms with E-state index in [1.54, 1.807) is 0 Å². The van der Waals surface area contributed by atoms with Crippen LogP contribution in [0, 0.1) is 0 Å². The summed E-state index contributed by atoms with van der Waals surface area (Å²) in [7, 11) is 0. The van der Waals surface area contributed by atoms with E-state index >= 15 is 0 Å². The molecule has 0 aromatic carbocycles. The lowest BCUT2D eigenvalue weighted by Crippen LogP contribution is -2.33. The second-order valence-corrected chi connectivity index (χ2v) is 5.08. The van der Waals surface area contributed by atoms with Crippen molar-refractivity contribution in [1.29, 1.82) is 0 Å². The summed E-state index contributed by atoms with van der Waals surface area (Å²) in [5.74, 6) is -0.0771. The van der Waals surface area contributed by atoms with E-state index in [1.165, 1.54) is 11.3 Å². The number of aliphatic hydroxyl groups is 1.